The molecule has 204 valence electrons. The minimum absolute atomic E-state index is 0.0917. The highest BCUT2D eigenvalue weighted by Gasteiger charge is 2.40. The SMILES string of the molecule is Cc1nc2nc(C(F)(F)F)c([C@H](C)Oc3ccc(C(=O)N4CC[C@@H](O)[C@H](C(C)(C)O)C4)cc3)cc2c(=O)[nH]1. The van der Waals surface area contributed by atoms with Gasteiger partial charge in [-0.3, -0.25) is 9.59 Å². The van der Waals surface area contributed by atoms with Gasteiger partial charge in [0.2, 0.25) is 0 Å². The first kappa shape index (κ1) is 27.5. The van der Waals surface area contributed by atoms with E-state index in [1.165, 1.54) is 38.1 Å². The molecule has 0 spiro atoms. The zero-order chi connectivity index (χ0) is 28.0. The Balaban J connectivity index is 1.55. The minimum Gasteiger partial charge on any atom is -0.486 e. The Morgan fingerprint density at radius 2 is 1.87 bits per heavy atom. The van der Waals surface area contributed by atoms with Crippen LogP contribution in [0, 0.1) is 12.8 Å². The van der Waals surface area contributed by atoms with Gasteiger partial charge >= 0.3 is 6.18 Å². The zero-order valence-corrected chi connectivity index (χ0v) is 21.3. The normalized spacial score (nSPS) is 19.4. The number of halogens is 3. The molecular weight excluding hydrogens is 505 g/mol. The number of nitrogens with zero attached hydrogens (tertiary/aromatic N) is 3. The molecule has 0 saturated carbocycles. The van der Waals surface area contributed by atoms with Crippen molar-refractivity contribution in [1.29, 1.82) is 0 Å². The Kier molecular flexibility index (Phi) is 7.23. The number of likely N-dealkylation sites (tertiary alicyclic amines) is 1. The van der Waals surface area contributed by atoms with Crippen LogP contribution in [0.25, 0.3) is 11.0 Å². The van der Waals surface area contributed by atoms with Crippen molar-refractivity contribution >= 4 is 16.9 Å². The van der Waals surface area contributed by atoms with Gasteiger partial charge in [0.15, 0.2) is 11.3 Å². The van der Waals surface area contributed by atoms with E-state index in [-0.39, 0.29) is 40.6 Å². The predicted octanol–water partition coefficient (Wildman–Crippen LogP) is 3.38. The zero-order valence-electron chi connectivity index (χ0n) is 21.3. The van der Waals surface area contributed by atoms with Crippen molar-refractivity contribution in [1.82, 2.24) is 19.9 Å². The van der Waals surface area contributed by atoms with Crippen LogP contribution in [0.15, 0.2) is 35.1 Å². The number of ether oxygens (including phenoxy) is 1. The van der Waals surface area contributed by atoms with E-state index in [1.807, 2.05) is 0 Å². The molecule has 3 heterocycles. The number of rotatable bonds is 5. The van der Waals surface area contributed by atoms with Crippen molar-refractivity contribution in [2.24, 2.45) is 5.92 Å². The van der Waals surface area contributed by atoms with E-state index in [0.29, 0.717) is 18.5 Å². The predicted molar refractivity (Wildman–Crippen MR) is 132 cm³/mol. The highest BCUT2D eigenvalue weighted by Crippen LogP contribution is 2.36. The number of hydrogen-bond acceptors (Lipinski definition) is 7. The number of carbonyl (C=O) groups excluding carboxylic acids is 1. The van der Waals surface area contributed by atoms with Crippen molar-refractivity contribution in [3.05, 3.63) is 63.3 Å². The molecule has 38 heavy (non-hydrogen) atoms. The summed E-state index contributed by atoms with van der Waals surface area (Å²) >= 11 is 0. The Morgan fingerprint density at radius 3 is 2.47 bits per heavy atom. The lowest BCUT2D eigenvalue weighted by atomic mass is 9.82. The van der Waals surface area contributed by atoms with Crippen LogP contribution in [0.4, 0.5) is 13.2 Å². The number of carbonyl (C=O) groups is 1. The molecule has 1 aliphatic rings. The van der Waals surface area contributed by atoms with Crippen molar-refractivity contribution < 1.29 is 32.9 Å². The molecule has 12 heteroatoms. The van der Waals surface area contributed by atoms with Crippen LogP contribution in [0.5, 0.6) is 5.75 Å². The van der Waals surface area contributed by atoms with Gasteiger partial charge in [0, 0.05) is 30.1 Å². The van der Waals surface area contributed by atoms with Gasteiger partial charge in [0.25, 0.3) is 11.5 Å². The Labute approximate surface area is 216 Å². The van der Waals surface area contributed by atoms with Crippen LogP contribution in [0.3, 0.4) is 0 Å². The summed E-state index contributed by atoms with van der Waals surface area (Å²) in [6, 6.07) is 7.01. The molecule has 1 amide bonds. The maximum atomic E-state index is 13.8. The first-order valence-electron chi connectivity index (χ1n) is 12.1. The molecule has 9 nitrogen and oxygen atoms in total. The summed E-state index contributed by atoms with van der Waals surface area (Å²) in [6.07, 6.45) is -6.34. The van der Waals surface area contributed by atoms with Gasteiger partial charge in [0.05, 0.1) is 17.1 Å². The van der Waals surface area contributed by atoms with Gasteiger partial charge in [-0.25, -0.2) is 9.97 Å². The monoisotopic (exact) mass is 534 g/mol. The summed E-state index contributed by atoms with van der Waals surface area (Å²) in [4.78, 5) is 36.9. The Bertz CT molecular complexity index is 1400. The summed E-state index contributed by atoms with van der Waals surface area (Å²) in [5, 5.41) is 20.5. The average Bonchev–Trinajstić information content (AvgIpc) is 2.82. The molecule has 2 aromatic heterocycles. The maximum Gasteiger partial charge on any atom is 0.433 e. The molecule has 0 unspecified atom stereocenters. The second-order valence-electron chi connectivity index (χ2n) is 10.1. The molecule has 0 radical (unpaired) electrons. The summed E-state index contributed by atoms with van der Waals surface area (Å²) in [7, 11) is 0. The number of amides is 1. The fourth-order valence-corrected chi connectivity index (χ4v) is 4.67. The lowest BCUT2D eigenvalue weighted by molar-refractivity contribution is -0.142. The van der Waals surface area contributed by atoms with Crippen LogP contribution in [-0.4, -0.2) is 60.8 Å². The van der Waals surface area contributed by atoms with Crippen molar-refractivity contribution in [3.63, 3.8) is 0 Å². The van der Waals surface area contributed by atoms with Crippen LogP contribution in [0.1, 0.15) is 60.7 Å². The topological polar surface area (TPSA) is 129 Å². The number of benzene rings is 1. The second-order valence-corrected chi connectivity index (χ2v) is 10.1. The van der Waals surface area contributed by atoms with E-state index < -0.39 is 41.2 Å². The fourth-order valence-electron chi connectivity index (χ4n) is 4.67. The van der Waals surface area contributed by atoms with Crippen molar-refractivity contribution in [2.45, 2.75) is 58.1 Å². The molecule has 1 fully saturated rings. The third kappa shape index (κ3) is 5.65. The number of hydrogen-bond donors (Lipinski definition) is 3. The molecule has 4 rings (SSSR count). The smallest absolute Gasteiger partial charge is 0.433 e. The van der Waals surface area contributed by atoms with Gasteiger partial charge < -0.3 is 24.8 Å². The van der Waals surface area contributed by atoms with Crippen LogP contribution < -0.4 is 10.3 Å². The Morgan fingerprint density at radius 1 is 1.21 bits per heavy atom. The number of fused-ring (bicyclic) bond motifs is 1. The van der Waals surface area contributed by atoms with Gasteiger partial charge in [-0.15, -0.1) is 0 Å². The minimum atomic E-state index is -4.81. The first-order valence-corrected chi connectivity index (χ1v) is 12.1. The summed E-state index contributed by atoms with van der Waals surface area (Å²) in [5.41, 5.74) is -3.29. The van der Waals surface area contributed by atoms with E-state index >= 15 is 0 Å². The lowest BCUT2D eigenvalue weighted by Crippen LogP contribution is -2.53. The number of aryl methyl sites for hydroxylation is 1. The summed E-state index contributed by atoms with van der Waals surface area (Å²) < 4.78 is 47.2. The van der Waals surface area contributed by atoms with Crippen LogP contribution in [-0.2, 0) is 6.18 Å². The molecule has 1 aliphatic heterocycles. The molecular formula is C26H29F3N4O5. The second kappa shape index (κ2) is 9.99. The molecule has 3 atom stereocenters. The standard InChI is InChI=1S/C26H29F3N4O5/c1-13(17-11-18-22(30-14(2)31-23(18)35)32-21(17)26(27,28)29)38-16-7-5-15(6-8-16)24(36)33-10-9-20(34)19(12-33)25(3,4)37/h5-8,11,13,19-20,34,37H,9-10,12H2,1-4H3,(H,30,31,32,35)/t13-,19+,20+/m0/s1. The summed E-state index contributed by atoms with van der Waals surface area (Å²) in [5.74, 6) is -0.452. The number of H-pyrrole nitrogens is 1. The van der Waals surface area contributed by atoms with E-state index in [4.69, 9.17) is 4.74 Å². The van der Waals surface area contributed by atoms with E-state index in [9.17, 15) is 33.0 Å². The molecule has 3 aromatic rings. The number of piperidine rings is 1. The number of aliphatic hydroxyl groups excluding tert-OH is 1. The van der Waals surface area contributed by atoms with Gasteiger partial charge in [-0.05, 0) is 64.4 Å². The lowest BCUT2D eigenvalue weighted by Gasteiger charge is -2.41. The highest BCUT2D eigenvalue weighted by molar-refractivity contribution is 5.94. The van der Waals surface area contributed by atoms with Gasteiger partial charge in [-0.1, -0.05) is 0 Å². The number of alkyl halides is 3. The van der Waals surface area contributed by atoms with E-state index in [0.717, 1.165) is 6.07 Å². The van der Waals surface area contributed by atoms with Crippen molar-refractivity contribution in [3.8, 4) is 5.75 Å². The Hall–Kier alpha value is -3.51. The molecule has 1 saturated heterocycles. The van der Waals surface area contributed by atoms with Crippen LogP contribution >= 0.6 is 0 Å². The van der Waals surface area contributed by atoms with Gasteiger partial charge in [0.1, 0.15) is 17.7 Å². The van der Waals surface area contributed by atoms with E-state index in [1.54, 1.807) is 18.7 Å². The van der Waals surface area contributed by atoms with E-state index in [2.05, 4.69) is 15.0 Å². The van der Waals surface area contributed by atoms with Crippen molar-refractivity contribution in [2.75, 3.05) is 13.1 Å². The number of aromatic amines is 1. The number of pyridine rings is 1. The molecule has 0 aliphatic carbocycles. The molecule has 1 aromatic carbocycles. The number of aliphatic hydroxyl groups is 2. The number of nitrogens with one attached hydrogen (secondary N) is 1. The number of aromatic nitrogens is 3. The van der Waals surface area contributed by atoms with Gasteiger partial charge in [-0.2, -0.15) is 13.2 Å². The highest BCUT2D eigenvalue weighted by atomic mass is 19.4. The molecule has 0 bridgehead atoms. The molecule has 3 N–H and O–H groups in total. The summed E-state index contributed by atoms with van der Waals surface area (Å²) in [6.45, 7) is 6.54. The fraction of sp³-hybridized carbons (Fsp3) is 0.462. The quantitative estimate of drug-likeness (QED) is 0.458. The maximum absolute atomic E-state index is 13.8. The third-order valence-corrected chi connectivity index (χ3v) is 6.74. The third-order valence-electron chi connectivity index (χ3n) is 6.74. The largest absolute Gasteiger partial charge is 0.486 e. The first-order chi connectivity index (χ1) is 17.6. The average molecular weight is 535 g/mol. The van der Waals surface area contributed by atoms with Crippen LogP contribution in [0.2, 0.25) is 0 Å².